The molecular formula is C15H17BrCl2N2S. The van der Waals surface area contributed by atoms with Crippen molar-refractivity contribution in [3.8, 4) is 0 Å². The van der Waals surface area contributed by atoms with Crippen LogP contribution in [0.4, 0.5) is 5.69 Å². The van der Waals surface area contributed by atoms with Gasteiger partial charge in [-0.1, -0.05) is 54.7 Å². The van der Waals surface area contributed by atoms with Gasteiger partial charge in [-0.25, -0.2) is 0 Å². The fourth-order valence-electron chi connectivity index (χ4n) is 3.15. The summed E-state index contributed by atoms with van der Waals surface area (Å²) in [5, 5.41) is 5.37. The first-order valence-electron chi connectivity index (χ1n) is 7.12. The predicted octanol–water partition coefficient (Wildman–Crippen LogP) is 6.22. The quantitative estimate of drug-likeness (QED) is 0.558. The highest BCUT2D eigenvalue weighted by Gasteiger charge is 2.39. The van der Waals surface area contributed by atoms with Crippen LogP contribution in [0.15, 0.2) is 21.6 Å². The van der Waals surface area contributed by atoms with E-state index in [0.29, 0.717) is 10.0 Å². The Morgan fingerprint density at radius 1 is 1.38 bits per heavy atom. The summed E-state index contributed by atoms with van der Waals surface area (Å²) >= 11 is 17.6. The minimum atomic E-state index is 0.135. The maximum atomic E-state index is 6.29. The molecule has 0 bridgehead atoms. The normalized spacial score (nSPS) is 28.8. The summed E-state index contributed by atoms with van der Waals surface area (Å²) in [5.41, 5.74) is 0.952. The first-order chi connectivity index (χ1) is 9.99. The van der Waals surface area contributed by atoms with Crippen LogP contribution in [0, 0.1) is 5.92 Å². The van der Waals surface area contributed by atoms with Crippen LogP contribution in [0.25, 0.3) is 0 Å². The van der Waals surface area contributed by atoms with Crippen molar-refractivity contribution in [3.63, 3.8) is 0 Å². The van der Waals surface area contributed by atoms with E-state index in [1.807, 2.05) is 12.1 Å². The van der Waals surface area contributed by atoms with E-state index in [1.54, 1.807) is 11.8 Å². The zero-order valence-corrected chi connectivity index (χ0v) is 15.7. The third kappa shape index (κ3) is 3.39. The largest absolute Gasteiger partial charge is 0.334 e. The second kappa shape index (κ2) is 6.31. The summed E-state index contributed by atoms with van der Waals surface area (Å²) < 4.78 is 0.804. The monoisotopic (exact) mass is 406 g/mol. The Labute approximate surface area is 148 Å². The summed E-state index contributed by atoms with van der Waals surface area (Å²) in [5.74, 6) is 1.84. The fraction of sp³-hybridized carbons (Fsp3) is 0.533. The molecule has 0 aromatic heterocycles. The molecule has 0 radical (unpaired) electrons. The molecule has 1 spiro atoms. The van der Waals surface area contributed by atoms with Crippen molar-refractivity contribution in [3.05, 3.63) is 26.7 Å². The minimum absolute atomic E-state index is 0.135. The topological polar surface area (TPSA) is 24.4 Å². The van der Waals surface area contributed by atoms with Crippen LogP contribution in [0.3, 0.4) is 0 Å². The molecule has 1 aromatic carbocycles. The van der Waals surface area contributed by atoms with Crippen LogP contribution < -0.4 is 5.32 Å². The van der Waals surface area contributed by atoms with Gasteiger partial charge in [0.2, 0.25) is 0 Å². The number of rotatable bonds is 1. The van der Waals surface area contributed by atoms with Gasteiger partial charge in [0, 0.05) is 10.2 Å². The lowest BCUT2D eigenvalue weighted by Crippen LogP contribution is -2.33. The molecule has 2 unspecified atom stereocenters. The van der Waals surface area contributed by atoms with Crippen LogP contribution in [-0.2, 0) is 0 Å². The molecule has 1 heterocycles. The lowest BCUT2D eigenvalue weighted by molar-refractivity contribution is 0.266. The van der Waals surface area contributed by atoms with Crippen LogP contribution in [-0.4, -0.2) is 16.5 Å². The molecule has 2 atom stereocenters. The summed E-state index contributed by atoms with van der Waals surface area (Å²) in [4.78, 5) is 4.97. The molecule has 1 aliphatic heterocycles. The minimum Gasteiger partial charge on any atom is -0.334 e. The highest BCUT2D eigenvalue weighted by molar-refractivity contribution is 9.10. The maximum absolute atomic E-state index is 6.29. The summed E-state index contributed by atoms with van der Waals surface area (Å²) in [6, 6.07) is 3.82. The highest BCUT2D eigenvalue weighted by atomic mass is 79.9. The molecular weight excluding hydrogens is 391 g/mol. The number of anilines is 1. The van der Waals surface area contributed by atoms with Crippen LogP contribution >= 0.6 is 50.9 Å². The van der Waals surface area contributed by atoms with Gasteiger partial charge in [-0.15, -0.1) is 0 Å². The molecule has 2 nitrogen and oxygen atoms in total. The number of hydrogen-bond acceptors (Lipinski definition) is 3. The molecule has 1 fully saturated rings. The average Bonchev–Trinajstić information content (AvgIpc) is 2.82. The van der Waals surface area contributed by atoms with Gasteiger partial charge in [-0.3, -0.25) is 4.99 Å². The molecule has 1 aromatic rings. The molecule has 21 heavy (non-hydrogen) atoms. The van der Waals surface area contributed by atoms with Crippen LogP contribution in [0.5, 0.6) is 0 Å². The van der Waals surface area contributed by atoms with Crippen molar-refractivity contribution in [2.75, 3.05) is 11.1 Å². The van der Waals surface area contributed by atoms with Gasteiger partial charge >= 0.3 is 0 Å². The molecule has 1 aliphatic carbocycles. The van der Waals surface area contributed by atoms with Gasteiger partial charge < -0.3 is 5.32 Å². The van der Waals surface area contributed by atoms with Crippen molar-refractivity contribution < 1.29 is 0 Å². The predicted molar refractivity (Wildman–Crippen MR) is 98.0 cm³/mol. The van der Waals surface area contributed by atoms with Gasteiger partial charge in [0.25, 0.3) is 0 Å². The SMILES string of the molecule is CC1CCCC2(CSC(Nc3ccc(Br)c(Cl)c3Cl)=N2)C1. The molecule has 1 saturated carbocycles. The highest BCUT2D eigenvalue weighted by Crippen LogP contribution is 2.43. The van der Waals surface area contributed by atoms with E-state index in [1.165, 1.54) is 25.7 Å². The van der Waals surface area contributed by atoms with E-state index >= 15 is 0 Å². The van der Waals surface area contributed by atoms with E-state index in [4.69, 9.17) is 28.2 Å². The van der Waals surface area contributed by atoms with E-state index in [0.717, 1.165) is 27.0 Å². The smallest absolute Gasteiger partial charge is 0.161 e. The van der Waals surface area contributed by atoms with E-state index in [2.05, 4.69) is 28.2 Å². The zero-order valence-electron chi connectivity index (χ0n) is 11.8. The Bertz CT molecular complexity index is 593. The molecule has 0 saturated heterocycles. The first kappa shape index (κ1) is 16.0. The second-order valence-corrected chi connectivity index (χ2v) is 8.55. The van der Waals surface area contributed by atoms with Crippen molar-refractivity contribution in [1.29, 1.82) is 0 Å². The van der Waals surface area contributed by atoms with Gasteiger partial charge in [-0.05, 0) is 46.8 Å². The molecule has 1 N–H and O–H groups in total. The zero-order chi connectivity index (χ0) is 15.0. The maximum Gasteiger partial charge on any atom is 0.161 e. The average molecular weight is 408 g/mol. The Balaban J connectivity index is 1.79. The second-order valence-electron chi connectivity index (χ2n) is 5.98. The van der Waals surface area contributed by atoms with Gasteiger partial charge in [-0.2, -0.15) is 0 Å². The molecule has 6 heteroatoms. The van der Waals surface area contributed by atoms with Crippen molar-refractivity contribution in [2.45, 2.75) is 38.1 Å². The van der Waals surface area contributed by atoms with E-state index < -0.39 is 0 Å². The Kier molecular flexibility index (Phi) is 4.80. The lowest BCUT2D eigenvalue weighted by atomic mass is 9.78. The number of thioether (sulfide) groups is 1. The van der Waals surface area contributed by atoms with E-state index in [-0.39, 0.29) is 5.54 Å². The third-order valence-corrected chi connectivity index (χ3v) is 7.08. The number of benzene rings is 1. The van der Waals surface area contributed by atoms with Crippen molar-refractivity contribution in [2.24, 2.45) is 10.9 Å². The van der Waals surface area contributed by atoms with Crippen LogP contribution in [0.2, 0.25) is 10.0 Å². The van der Waals surface area contributed by atoms with Crippen LogP contribution in [0.1, 0.15) is 32.6 Å². The third-order valence-electron chi connectivity index (χ3n) is 4.16. The number of halogens is 3. The molecule has 2 aliphatic rings. The Hall–Kier alpha value is 0.1000. The van der Waals surface area contributed by atoms with Crippen molar-refractivity contribution >= 4 is 61.7 Å². The molecule has 0 amide bonds. The Morgan fingerprint density at radius 3 is 2.95 bits per heavy atom. The number of nitrogens with one attached hydrogen (secondary N) is 1. The van der Waals surface area contributed by atoms with Gasteiger partial charge in [0.1, 0.15) is 0 Å². The van der Waals surface area contributed by atoms with Gasteiger partial charge in [0.15, 0.2) is 5.17 Å². The summed E-state index contributed by atoms with van der Waals surface area (Å²) in [7, 11) is 0. The standard InChI is InChI=1S/C15H17BrCl2N2S/c1-9-3-2-6-15(7-9)8-21-14(20-15)19-11-5-4-10(16)12(17)13(11)18/h4-5,9H,2-3,6-8H2,1H3,(H,19,20). The van der Waals surface area contributed by atoms with Gasteiger partial charge in [0.05, 0.1) is 21.3 Å². The number of aliphatic imine (C=N–C) groups is 1. The summed E-state index contributed by atoms with van der Waals surface area (Å²) in [6.45, 7) is 2.33. The molecule has 3 rings (SSSR count). The molecule has 114 valence electrons. The van der Waals surface area contributed by atoms with Crippen molar-refractivity contribution in [1.82, 2.24) is 0 Å². The number of nitrogens with zero attached hydrogens (tertiary/aromatic N) is 1. The Morgan fingerprint density at radius 2 is 2.19 bits per heavy atom. The first-order valence-corrected chi connectivity index (χ1v) is 9.66. The fourth-order valence-corrected chi connectivity index (χ4v) is 5.14. The summed E-state index contributed by atoms with van der Waals surface area (Å²) in [6.07, 6.45) is 5.01. The lowest BCUT2D eigenvalue weighted by Gasteiger charge is -2.33. The number of amidine groups is 1. The van der Waals surface area contributed by atoms with E-state index in [9.17, 15) is 0 Å². The number of hydrogen-bond donors (Lipinski definition) is 1.